The first-order valence-electron chi connectivity index (χ1n) is 13.0. The predicted octanol–water partition coefficient (Wildman–Crippen LogP) is 6.58. The maximum absolute atomic E-state index is 13.2. The molecule has 6 rings (SSSR count). The normalized spacial score (nSPS) is 21.7. The molecule has 0 bridgehead atoms. The Balaban J connectivity index is 1.49. The number of hydrogen-bond donors (Lipinski definition) is 0. The van der Waals surface area contributed by atoms with Gasteiger partial charge in [-0.3, -0.25) is 4.79 Å². The maximum Gasteiger partial charge on any atom is 0.227 e. The molecule has 2 aromatic heterocycles. The van der Waals surface area contributed by atoms with Gasteiger partial charge in [-0.2, -0.15) is 0 Å². The van der Waals surface area contributed by atoms with E-state index in [0.29, 0.717) is 23.6 Å². The first kappa shape index (κ1) is 24.9. The number of methoxy groups -OCH3 is 2. The molecule has 0 unspecified atom stereocenters. The van der Waals surface area contributed by atoms with Crippen molar-refractivity contribution in [2.24, 2.45) is 0 Å². The fraction of sp³-hybridized carbons (Fsp3) is 0.414. The molecule has 1 aliphatic heterocycles. The maximum atomic E-state index is 13.2. The second-order valence-corrected chi connectivity index (χ2v) is 10.6. The van der Waals surface area contributed by atoms with Gasteiger partial charge in [-0.05, 0) is 75.4 Å². The first-order chi connectivity index (χ1) is 18.4. The van der Waals surface area contributed by atoms with Crippen LogP contribution < -0.4 is 9.64 Å². The number of halogens is 1. The van der Waals surface area contributed by atoms with Gasteiger partial charge in [-0.15, -0.1) is 0 Å². The number of carbonyl (C=O) groups is 1. The van der Waals surface area contributed by atoms with Crippen LogP contribution in [0.1, 0.15) is 61.5 Å². The lowest BCUT2D eigenvalue weighted by Crippen LogP contribution is -2.29. The molecular formula is C29H31ClN4O4. The van der Waals surface area contributed by atoms with Gasteiger partial charge in [0.15, 0.2) is 0 Å². The van der Waals surface area contributed by atoms with Crippen molar-refractivity contribution in [3.63, 3.8) is 0 Å². The van der Waals surface area contributed by atoms with E-state index in [1.54, 1.807) is 26.4 Å². The third-order valence-corrected chi connectivity index (χ3v) is 8.31. The number of imidazole rings is 1. The molecule has 9 heteroatoms. The number of amides is 1. The second-order valence-electron chi connectivity index (χ2n) is 10.2. The molecule has 2 fully saturated rings. The number of aryl methyl sites for hydroxylation is 2. The highest BCUT2D eigenvalue weighted by atomic mass is 35.5. The number of hydrogen-bond acceptors (Lipinski definition) is 6. The van der Waals surface area contributed by atoms with E-state index in [1.165, 1.54) is 0 Å². The number of fused-ring (bicyclic) bond motifs is 1. The molecule has 0 spiro atoms. The molecule has 3 heterocycles. The standard InChI is InChI=1S/C29H31ClN4O4/c1-16-28(17(2)38-32-16)18-5-9-24-23(13-18)31-29(34(24)19-6-8-21(14-19)36-3)25-10-12-27(35)33(25)20-7-11-26(37-4)22(30)15-20/h5,7,9,11,13,15,19,21,25H,6,8,10,12,14H2,1-4H3/t19-,21-,25+/m1/s1. The van der Waals surface area contributed by atoms with Crippen LogP contribution in [0.4, 0.5) is 5.69 Å². The third-order valence-electron chi connectivity index (χ3n) is 8.02. The quantitative estimate of drug-likeness (QED) is 0.278. The number of benzene rings is 2. The summed E-state index contributed by atoms with van der Waals surface area (Å²) >= 11 is 6.46. The Bertz CT molecular complexity index is 1510. The summed E-state index contributed by atoms with van der Waals surface area (Å²) in [4.78, 5) is 20.3. The van der Waals surface area contributed by atoms with Gasteiger partial charge in [0.2, 0.25) is 5.91 Å². The van der Waals surface area contributed by atoms with Crippen LogP contribution in [0.15, 0.2) is 40.9 Å². The topological polar surface area (TPSA) is 82.6 Å². The highest BCUT2D eigenvalue weighted by Crippen LogP contribution is 2.44. The van der Waals surface area contributed by atoms with Gasteiger partial charge in [-0.25, -0.2) is 4.98 Å². The summed E-state index contributed by atoms with van der Waals surface area (Å²) in [6.45, 7) is 3.88. The molecule has 1 saturated carbocycles. The molecular weight excluding hydrogens is 504 g/mol. The fourth-order valence-corrected chi connectivity index (χ4v) is 6.46. The highest BCUT2D eigenvalue weighted by Gasteiger charge is 2.39. The number of nitrogens with zero attached hydrogens (tertiary/aromatic N) is 4. The average molecular weight is 535 g/mol. The third kappa shape index (κ3) is 4.07. The molecule has 2 aromatic carbocycles. The molecule has 0 N–H and O–H groups in total. The van der Waals surface area contributed by atoms with Crippen molar-refractivity contribution in [3.8, 4) is 16.9 Å². The Morgan fingerprint density at radius 2 is 1.92 bits per heavy atom. The van der Waals surface area contributed by atoms with Crippen LogP contribution in [0, 0.1) is 13.8 Å². The van der Waals surface area contributed by atoms with Crippen molar-refractivity contribution in [2.75, 3.05) is 19.1 Å². The van der Waals surface area contributed by atoms with Crippen molar-refractivity contribution in [1.82, 2.24) is 14.7 Å². The molecule has 198 valence electrons. The summed E-state index contributed by atoms with van der Waals surface area (Å²) in [5.41, 5.74) is 5.57. The summed E-state index contributed by atoms with van der Waals surface area (Å²) in [5.74, 6) is 2.32. The van der Waals surface area contributed by atoms with Gasteiger partial charge in [0.1, 0.15) is 17.3 Å². The minimum absolute atomic E-state index is 0.0624. The Morgan fingerprint density at radius 1 is 1.08 bits per heavy atom. The molecule has 38 heavy (non-hydrogen) atoms. The minimum Gasteiger partial charge on any atom is -0.495 e. The van der Waals surface area contributed by atoms with Crippen LogP contribution in [-0.4, -0.2) is 40.9 Å². The predicted molar refractivity (Wildman–Crippen MR) is 146 cm³/mol. The van der Waals surface area contributed by atoms with Crippen molar-refractivity contribution < 1.29 is 18.8 Å². The monoisotopic (exact) mass is 534 g/mol. The van der Waals surface area contributed by atoms with Gasteiger partial charge < -0.3 is 23.5 Å². The molecule has 0 radical (unpaired) electrons. The summed E-state index contributed by atoms with van der Waals surface area (Å²) < 4.78 is 18.8. The van der Waals surface area contributed by atoms with Crippen molar-refractivity contribution in [2.45, 2.75) is 64.1 Å². The van der Waals surface area contributed by atoms with Crippen LogP contribution in [0.25, 0.3) is 22.2 Å². The summed E-state index contributed by atoms with van der Waals surface area (Å²) in [7, 11) is 3.36. The van der Waals surface area contributed by atoms with Gasteiger partial charge >= 0.3 is 0 Å². The van der Waals surface area contributed by atoms with E-state index >= 15 is 0 Å². The van der Waals surface area contributed by atoms with Crippen LogP contribution >= 0.6 is 11.6 Å². The van der Waals surface area contributed by atoms with E-state index in [-0.39, 0.29) is 24.1 Å². The SMILES string of the molecule is COc1ccc(N2C(=O)CC[C@H]2c2nc3cc(-c4c(C)noc4C)ccc3n2[C@@H]2CC[C@@H](OC)C2)cc1Cl. The van der Waals surface area contributed by atoms with Gasteiger partial charge in [0.05, 0.1) is 41.0 Å². The lowest BCUT2D eigenvalue weighted by Gasteiger charge is -2.27. The van der Waals surface area contributed by atoms with E-state index in [2.05, 4.69) is 27.9 Å². The van der Waals surface area contributed by atoms with Gasteiger partial charge in [-0.1, -0.05) is 22.8 Å². The average Bonchev–Trinajstić information content (AvgIpc) is 3.68. The Kier molecular flexibility index (Phi) is 6.40. The van der Waals surface area contributed by atoms with E-state index < -0.39 is 0 Å². The lowest BCUT2D eigenvalue weighted by atomic mass is 10.0. The largest absolute Gasteiger partial charge is 0.495 e. The van der Waals surface area contributed by atoms with Crippen molar-refractivity contribution in [1.29, 1.82) is 0 Å². The fourth-order valence-electron chi connectivity index (χ4n) is 6.21. The lowest BCUT2D eigenvalue weighted by molar-refractivity contribution is -0.117. The number of carbonyl (C=O) groups excluding carboxylic acids is 1. The summed E-state index contributed by atoms with van der Waals surface area (Å²) in [6, 6.07) is 11.9. The van der Waals surface area contributed by atoms with E-state index in [1.807, 2.05) is 24.8 Å². The second kappa shape index (κ2) is 9.75. The first-order valence-corrected chi connectivity index (χ1v) is 13.4. The summed E-state index contributed by atoms with van der Waals surface area (Å²) in [6.07, 6.45) is 4.26. The minimum atomic E-state index is -0.205. The number of aromatic nitrogens is 3. The highest BCUT2D eigenvalue weighted by molar-refractivity contribution is 6.32. The van der Waals surface area contributed by atoms with Crippen molar-refractivity contribution in [3.05, 3.63) is 58.7 Å². The van der Waals surface area contributed by atoms with Crippen LogP contribution in [-0.2, 0) is 9.53 Å². The molecule has 1 amide bonds. The smallest absolute Gasteiger partial charge is 0.227 e. The van der Waals surface area contributed by atoms with E-state index in [4.69, 9.17) is 30.6 Å². The number of anilines is 1. The Morgan fingerprint density at radius 3 is 2.61 bits per heavy atom. The molecule has 1 saturated heterocycles. The van der Waals surface area contributed by atoms with Crippen LogP contribution in [0.3, 0.4) is 0 Å². The Labute approximate surface area is 226 Å². The van der Waals surface area contributed by atoms with E-state index in [0.717, 1.165) is 64.4 Å². The molecule has 3 atom stereocenters. The zero-order chi connectivity index (χ0) is 26.6. The molecule has 1 aliphatic carbocycles. The molecule has 2 aliphatic rings. The van der Waals surface area contributed by atoms with Gasteiger partial charge in [0, 0.05) is 30.8 Å². The zero-order valence-corrected chi connectivity index (χ0v) is 22.8. The summed E-state index contributed by atoms with van der Waals surface area (Å²) in [5, 5.41) is 4.60. The number of ether oxygens (including phenoxy) is 2. The Hall–Kier alpha value is -3.36. The van der Waals surface area contributed by atoms with Crippen LogP contribution in [0.5, 0.6) is 5.75 Å². The molecule has 8 nitrogen and oxygen atoms in total. The van der Waals surface area contributed by atoms with Crippen molar-refractivity contribution >= 4 is 34.2 Å². The van der Waals surface area contributed by atoms with E-state index in [9.17, 15) is 4.79 Å². The molecule has 4 aromatic rings. The van der Waals surface area contributed by atoms with Crippen LogP contribution in [0.2, 0.25) is 5.02 Å². The zero-order valence-electron chi connectivity index (χ0n) is 22.0. The number of rotatable bonds is 6. The van der Waals surface area contributed by atoms with Gasteiger partial charge in [0.25, 0.3) is 0 Å².